The molecule has 0 radical (unpaired) electrons. The topological polar surface area (TPSA) is 242 Å². The van der Waals surface area contributed by atoms with Crippen LogP contribution in [-0.2, 0) is 33.3 Å². The minimum absolute atomic E-state index is 0.134. The van der Waals surface area contributed by atoms with Gasteiger partial charge in [-0.3, -0.25) is 0 Å². The molecule has 6 fully saturated rings. The average molecular weight is 879 g/mol. The monoisotopic (exact) mass is 879 g/mol. The summed E-state index contributed by atoms with van der Waals surface area (Å²) in [5.41, 5.74) is -1.24. The van der Waals surface area contributed by atoms with Crippen LogP contribution in [0.4, 0.5) is 0 Å². The number of aliphatic hydroxyl groups excluding tert-OH is 7. The molecule has 15 nitrogen and oxygen atoms in total. The van der Waals surface area contributed by atoms with Crippen LogP contribution in [0.15, 0.2) is 23.3 Å². The number of carboxylic acids is 1. The minimum Gasteiger partial charge on any atom is -0.479 e. The van der Waals surface area contributed by atoms with Gasteiger partial charge in [0.2, 0.25) is 0 Å². The van der Waals surface area contributed by atoms with Gasteiger partial charge in [0.25, 0.3) is 0 Å². The van der Waals surface area contributed by atoms with Gasteiger partial charge in [-0.15, -0.1) is 0 Å². The quantitative estimate of drug-likeness (QED) is 0.0755. The van der Waals surface area contributed by atoms with Crippen molar-refractivity contribution in [3.8, 4) is 0 Å². The van der Waals surface area contributed by atoms with E-state index in [1.165, 1.54) is 5.57 Å². The summed E-state index contributed by atoms with van der Waals surface area (Å²) in [6.45, 7) is 20.6. The Hall–Kier alpha value is -2.02. The largest absolute Gasteiger partial charge is 0.479 e. The van der Waals surface area contributed by atoms with Gasteiger partial charge in [-0.2, -0.15) is 0 Å². The van der Waals surface area contributed by atoms with Crippen molar-refractivity contribution in [1.82, 2.24) is 0 Å². The van der Waals surface area contributed by atoms with Crippen molar-refractivity contribution in [2.75, 3.05) is 6.61 Å². The van der Waals surface area contributed by atoms with Crippen LogP contribution in [0, 0.1) is 50.2 Å². The van der Waals surface area contributed by atoms with Gasteiger partial charge in [0.1, 0.15) is 42.7 Å². The number of rotatable bonds is 8. The fourth-order valence-electron chi connectivity index (χ4n) is 14.3. The molecule has 5 aliphatic carbocycles. The van der Waals surface area contributed by atoms with Crippen molar-refractivity contribution in [2.45, 2.75) is 200 Å². The molecule has 0 aromatic heterocycles. The van der Waals surface area contributed by atoms with Crippen LogP contribution in [0.2, 0.25) is 0 Å². The van der Waals surface area contributed by atoms with E-state index in [4.69, 9.17) is 23.7 Å². The third-order valence-corrected chi connectivity index (χ3v) is 18.2. The summed E-state index contributed by atoms with van der Waals surface area (Å²) in [5.74, 6) is -1.91. The summed E-state index contributed by atoms with van der Waals surface area (Å²) < 4.78 is 30.8. The lowest BCUT2D eigenvalue weighted by Crippen LogP contribution is -2.70. The summed E-state index contributed by atoms with van der Waals surface area (Å²) in [5, 5.41) is 86.5. The smallest absolute Gasteiger partial charge is 0.335 e. The molecule has 2 aliphatic heterocycles. The van der Waals surface area contributed by atoms with Gasteiger partial charge < -0.3 is 64.5 Å². The fraction of sp³-hybridized carbons (Fsp3) is 0.872. The molecule has 2 saturated heterocycles. The van der Waals surface area contributed by atoms with E-state index in [1.54, 1.807) is 26.8 Å². The molecule has 0 bridgehead atoms. The Morgan fingerprint density at radius 3 is 2.08 bits per heavy atom. The number of carboxylic acid groups (broad SMARTS) is 1. The third kappa shape index (κ3) is 7.26. The van der Waals surface area contributed by atoms with E-state index in [0.29, 0.717) is 31.3 Å². The zero-order chi connectivity index (χ0) is 45.9. The summed E-state index contributed by atoms with van der Waals surface area (Å²) in [6.07, 6.45) is -7.77. The van der Waals surface area contributed by atoms with E-state index in [-0.39, 0.29) is 40.6 Å². The summed E-state index contributed by atoms with van der Waals surface area (Å²) in [4.78, 5) is 25.5. The van der Waals surface area contributed by atoms with Crippen molar-refractivity contribution in [2.24, 2.45) is 50.2 Å². The Kier molecular flexibility index (Phi) is 12.7. The second-order valence-electron chi connectivity index (χ2n) is 22.3. The Bertz CT molecular complexity index is 1780. The molecule has 8 N–H and O–H groups in total. The van der Waals surface area contributed by atoms with E-state index in [9.17, 15) is 50.4 Å². The minimum atomic E-state index is -1.81. The molecule has 352 valence electrons. The average Bonchev–Trinajstić information content (AvgIpc) is 3.18. The third-order valence-electron chi connectivity index (χ3n) is 18.2. The molecule has 7 aliphatic rings. The molecule has 15 heteroatoms. The van der Waals surface area contributed by atoms with Crippen LogP contribution >= 0.6 is 0 Å². The van der Waals surface area contributed by atoms with Gasteiger partial charge in [-0.25, -0.2) is 9.59 Å². The Morgan fingerprint density at radius 2 is 1.44 bits per heavy atom. The lowest BCUT2D eigenvalue weighted by atomic mass is 9.33. The Balaban J connectivity index is 1.23. The maximum absolute atomic E-state index is 13.7. The molecule has 62 heavy (non-hydrogen) atoms. The first-order valence-electron chi connectivity index (χ1n) is 22.8. The maximum Gasteiger partial charge on any atom is 0.335 e. The van der Waals surface area contributed by atoms with Crippen LogP contribution in [-0.4, -0.2) is 139 Å². The first-order valence-corrected chi connectivity index (χ1v) is 22.8. The molecule has 0 aromatic carbocycles. The van der Waals surface area contributed by atoms with Gasteiger partial charge in [0, 0.05) is 5.57 Å². The van der Waals surface area contributed by atoms with E-state index in [2.05, 4.69) is 54.5 Å². The molecule has 0 aromatic rings. The lowest BCUT2D eigenvalue weighted by Gasteiger charge is -2.72. The highest BCUT2D eigenvalue weighted by atomic mass is 16.7. The molecule has 0 spiro atoms. The van der Waals surface area contributed by atoms with Crippen molar-refractivity contribution in [3.05, 3.63) is 23.3 Å². The van der Waals surface area contributed by atoms with Gasteiger partial charge in [-0.05, 0) is 117 Å². The van der Waals surface area contributed by atoms with Gasteiger partial charge in [0.05, 0.1) is 30.3 Å². The molecule has 20 unspecified atom stereocenters. The molecule has 4 saturated carbocycles. The van der Waals surface area contributed by atoms with Crippen LogP contribution in [0.5, 0.6) is 0 Å². The summed E-state index contributed by atoms with van der Waals surface area (Å²) in [7, 11) is 0. The second kappa shape index (κ2) is 16.4. The van der Waals surface area contributed by atoms with Crippen molar-refractivity contribution in [1.29, 1.82) is 0 Å². The molecular formula is C47H74O15. The maximum atomic E-state index is 13.7. The van der Waals surface area contributed by atoms with Gasteiger partial charge in [-0.1, -0.05) is 66.2 Å². The predicted octanol–water partition coefficient (Wildman–Crippen LogP) is 3.37. The predicted molar refractivity (Wildman–Crippen MR) is 223 cm³/mol. The van der Waals surface area contributed by atoms with Crippen LogP contribution in [0.1, 0.15) is 121 Å². The molecular weight excluding hydrogens is 805 g/mol. The van der Waals surface area contributed by atoms with Crippen LogP contribution in [0.25, 0.3) is 0 Å². The lowest BCUT2D eigenvalue weighted by molar-refractivity contribution is -0.325. The molecule has 7 rings (SSSR count). The van der Waals surface area contributed by atoms with E-state index >= 15 is 0 Å². The number of hydrogen-bond acceptors (Lipinski definition) is 14. The highest BCUT2D eigenvalue weighted by Gasteiger charge is 2.72. The number of carbonyl (C=O) groups excluding carboxylic acids is 1. The SMILES string of the molecule is CC=C(C)C(=O)OC1CC(C)(C)CC2C3=CCC4C5(C)CCC(OC6OC(C(=O)O)C(O)C(O)C6O)C(C)(C)C5CCC4(C)C3(C)CC(O)C12COC1OC(C)C(O)C(O)C1O. The van der Waals surface area contributed by atoms with Crippen molar-refractivity contribution in [3.63, 3.8) is 0 Å². The van der Waals surface area contributed by atoms with E-state index < -0.39 is 108 Å². The number of esters is 1. The highest BCUT2D eigenvalue weighted by molar-refractivity contribution is 5.87. The van der Waals surface area contributed by atoms with Crippen LogP contribution < -0.4 is 0 Å². The van der Waals surface area contributed by atoms with Crippen molar-refractivity contribution >= 4 is 11.9 Å². The summed E-state index contributed by atoms with van der Waals surface area (Å²) in [6, 6.07) is 0. The number of hydrogen-bond donors (Lipinski definition) is 8. The summed E-state index contributed by atoms with van der Waals surface area (Å²) >= 11 is 0. The fourth-order valence-corrected chi connectivity index (χ4v) is 14.3. The molecule has 0 amide bonds. The number of aliphatic hydroxyl groups is 7. The highest BCUT2D eigenvalue weighted by Crippen LogP contribution is 2.76. The number of fused-ring (bicyclic) bond motifs is 7. The number of carbonyl (C=O) groups is 2. The van der Waals surface area contributed by atoms with Gasteiger partial charge >= 0.3 is 11.9 Å². The number of aliphatic carboxylic acids is 1. The van der Waals surface area contributed by atoms with Crippen molar-refractivity contribution < 1.29 is 74.1 Å². The standard InChI is InChI=1S/C47H74O15/c1-11-22(2)39(57)60-30-20-42(4,5)18-25-24-12-13-27-44(8)16-15-29(61-41-36(54)33(51)34(52)37(62-41)38(55)56)43(6,7)26(44)14-17-45(27,9)46(24,10)19-28(48)47(25,30)21-58-40-35(53)32(50)31(49)23(3)59-40/h11-12,23,25-37,40-41,48-54H,13-21H2,1-10H3,(H,55,56). The first-order chi connectivity index (χ1) is 28.7. The Labute approximate surface area is 365 Å². The second-order valence-corrected chi connectivity index (χ2v) is 22.3. The van der Waals surface area contributed by atoms with Crippen LogP contribution in [0.3, 0.4) is 0 Å². The van der Waals surface area contributed by atoms with E-state index in [0.717, 1.165) is 25.7 Å². The van der Waals surface area contributed by atoms with E-state index in [1.807, 2.05) is 0 Å². The first kappa shape index (κ1) is 47.9. The molecule has 2 heterocycles. The zero-order valence-corrected chi connectivity index (χ0v) is 38.2. The normalized spacial score (nSPS) is 51.1. The zero-order valence-electron chi connectivity index (χ0n) is 38.2. The van der Waals surface area contributed by atoms with Gasteiger partial charge in [0.15, 0.2) is 18.7 Å². The number of allylic oxidation sites excluding steroid dienone is 3. The number of ether oxygens (including phenoxy) is 5. The Morgan fingerprint density at radius 1 is 0.790 bits per heavy atom. The molecule has 20 atom stereocenters.